The van der Waals surface area contributed by atoms with E-state index < -0.39 is 17.8 Å². The molecule has 1 rings (SSSR count). The van der Waals surface area contributed by atoms with Crippen LogP contribution in [0.4, 0.5) is 0 Å². The highest BCUT2D eigenvalue weighted by Crippen LogP contribution is 2.15. The molecule has 7 heteroatoms. The fraction of sp³-hybridized carbons (Fsp3) is 0.400. The summed E-state index contributed by atoms with van der Waals surface area (Å²) in [5, 5.41) is 18.5. The lowest BCUT2D eigenvalue weighted by Crippen LogP contribution is -2.22. The van der Waals surface area contributed by atoms with Crippen LogP contribution in [-0.4, -0.2) is 34.4 Å². The van der Waals surface area contributed by atoms with E-state index in [4.69, 9.17) is 26.5 Å². The average Bonchev–Trinajstić information content (AvgIpc) is 2.30. The molecule has 0 bridgehead atoms. The Balaban J connectivity index is 2.87. The molecule has 1 aromatic heterocycles. The van der Waals surface area contributed by atoms with E-state index in [0.717, 1.165) is 6.07 Å². The largest absolute Gasteiger partial charge is 0.502 e. The maximum atomic E-state index is 11.3. The first-order chi connectivity index (χ1) is 7.95. The van der Waals surface area contributed by atoms with Gasteiger partial charge in [-0.15, -0.1) is 0 Å². The molecule has 17 heavy (non-hydrogen) atoms. The van der Waals surface area contributed by atoms with Crippen LogP contribution in [0.15, 0.2) is 15.3 Å². The molecule has 94 valence electrons. The smallest absolute Gasteiger partial charge is 0.259 e. The van der Waals surface area contributed by atoms with E-state index in [1.807, 2.05) is 0 Å². The second-order valence-corrected chi connectivity index (χ2v) is 3.81. The zero-order valence-corrected chi connectivity index (χ0v) is 10.3. The Hall–Kier alpha value is -1.60. The molecule has 1 heterocycles. The molecular formula is C10H13NO5S. The molecule has 0 radical (unpaired) electrons. The van der Waals surface area contributed by atoms with Gasteiger partial charge in [0.1, 0.15) is 12.4 Å². The van der Waals surface area contributed by atoms with Crippen LogP contribution in [-0.2, 0) is 18.0 Å². The summed E-state index contributed by atoms with van der Waals surface area (Å²) in [4.78, 5) is 12.8. The first kappa shape index (κ1) is 13.5. The molecule has 0 aliphatic carbocycles. The third kappa shape index (κ3) is 3.43. The van der Waals surface area contributed by atoms with Crippen molar-refractivity contribution in [3.05, 3.63) is 27.8 Å². The summed E-state index contributed by atoms with van der Waals surface area (Å²) in [5.41, 5.74) is -0.630. The van der Waals surface area contributed by atoms with Crippen molar-refractivity contribution in [2.45, 2.75) is 13.2 Å². The fourth-order valence-corrected chi connectivity index (χ4v) is 1.08. The summed E-state index contributed by atoms with van der Waals surface area (Å²) in [6.07, 6.45) is 0. The van der Waals surface area contributed by atoms with Gasteiger partial charge in [0.05, 0.1) is 0 Å². The van der Waals surface area contributed by atoms with E-state index in [9.17, 15) is 9.90 Å². The topological polar surface area (TPSA) is 83.1 Å². The van der Waals surface area contributed by atoms with Crippen molar-refractivity contribution in [3.63, 3.8) is 0 Å². The predicted octanol–water partition coefficient (Wildman–Crippen LogP) is 0.201. The third-order valence-electron chi connectivity index (χ3n) is 1.89. The van der Waals surface area contributed by atoms with Gasteiger partial charge >= 0.3 is 0 Å². The summed E-state index contributed by atoms with van der Waals surface area (Å²) >= 11 is 4.87. The average molecular weight is 259 g/mol. The summed E-state index contributed by atoms with van der Waals surface area (Å²) in [6, 6.07) is 1.02. The van der Waals surface area contributed by atoms with Crippen LogP contribution in [0.25, 0.3) is 0 Å². The Labute approximate surface area is 103 Å². The molecule has 6 nitrogen and oxygen atoms in total. The van der Waals surface area contributed by atoms with Gasteiger partial charge in [0.2, 0.25) is 11.2 Å². The minimum absolute atomic E-state index is 0.0576. The number of ether oxygens (including phenoxy) is 1. The molecule has 1 aromatic rings. The second-order valence-electron chi connectivity index (χ2n) is 3.46. The first-order valence-electron chi connectivity index (χ1n) is 4.75. The van der Waals surface area contributed by atoms with E-state index in [2.05, 4.69) is 0 Å². The van der Waals surface area contributed by atoms with Gasteiger partial charge in [-0.05, 0) is 12.2 Å². The first-order valence-corrected chi connectivity index (χ1v) is 5.16. The van der Waals surface area contributed by atoms with Gasteiger partial charge in [-0.25, -0.2) is 0 Å². The third-order valence-corrected chi connectivity index (χ3v) is 2.37. The molecule has 0 fully saturated rings. The van der Waals surface area contributed by atoms with Crippen molar-refractivity contribution < 1.29 is 19.4 Å². The monoisotopic (exact) mass is 259 g/mol. The van der Waals surface area contributed by atoms with Crippen molar-refractivity contribution in [1.82, 2.24) is 4.90 Å². The van der Waals surface area contributed by atoms with Crippen LogP contribution in [0, 0.1) is 0 Å². The van der Waals surface area contributed by atoms with Crippen LogP contribution in [0.5, 0.6) is 5.75 Å². The SMILES string of the molecule is CN(C)C(=S)OCc1oc(CO)cc(=O)c1O. The Kier molecular flexibility index (Phi) is 4.47. The van der Waals surface area contributed by atoms with E-state index >= 15 is 0 Å². The molecule has 0 spiro atoms. The Morgan fingerprint density at radius 2 is 2.24 bits per heavy atom. The highest BCUT2D eigenvalue weighted by Gasteiger charge is 2.12. The van der Waals surface area contributed by atoms with Crippen molar-refractivity contribution in [1.29, 1.82) is 0 Å². The number of nitrogens with zero attached hydrogens (tertiary/aromatic N) is 1. The lowest BCUT2D eigenvalue weighted by molar-refractivity contribution is 0.195. The van der Waals surface area contributed by atoms with Gasteiger partial charge in [-0.1, -0.05) is 0 Å². The highest BCUT2D eigenvalue weighted by molar-refractivity contribution is 7.79. The van der Waals surface area contributed by atoms with E-state index in [0.29, 0.717) is 0 Å². The van der Waals surface area contributed by atoms with Crippen LogP contribution in [0.3, 0.4) is 0 Å². The van der Waals surface area contributed by atoms with E-state index in [1.165, 1.54) is 0 Å². The van der Waals surface area contributed by atoms with Gasteiger partial charge in [-0.2, -0.15) is 0 Å². The van der Waals surface area contributed by atoms with Crippen molar-refractivity contribution >= 4 is 17.4 Å². The molecule has 0 amide bonds. The van der Waals surface area contributed by atoms with Gasteiger partial charge in [0, 0.05) is 20.2 Å². The summed E-state index contributed by atoms with van der Waals surface area (Å²) in [6.45, 7) is -0.605. The zero-order chi connectivity index (χ0) is 13.0. The van der Waals surface area contributed by atoms with Crippen LogP contribution >= 0.6 is 12.2 Å². The predicted molar refractivity (Wildman–Crippen MR) is 63.6 cm³/mol. The molecule has 0 atom stereocenters. The van der Waals surface area contributed by atoms with Crippen LogP contribution in [0.2, 0.25) is 0 Å². The number of aliphatic hydroxyl groups is 1. The maximum Gasteiger partial charge on any atom is 0.259 e. The minimum atomic E-state index is -0.630. The molecule has 0 aromatic carbocycles. The van der Waals surface area contributed by atoms with Crippen molar-refractivity contribution in [2.75, 3.05) is 14.1 Å². The quantitative estimate of drug-likeness (QED) is 0.750. The summed E-state index contributed by atoms with van der Waals surface area (Å²) in [7, 11) is 3.39. The van der Waals surface area contributed by atoms with E-state index in [-0.39, 0.29) is 23.3 Å². The number of hydrogen-bond acceptors (Lipinski definition) is 6. The number of thiocarbonyl (C=S) groups is 1. The molecule has 0 saturated heterocycles. The number of hydrogen-bond donors (Lipinski definition) is 2. The van der Waals surface area contributed by atoms with Gasteiger partial charge in [0.25, 0.3) is 5.17 Å². The molecule has 0 saturated carbocycles. The summed E-state index contributed by atoms with van der Waals surface area (Å²) in [5.74, 6) is -0.545. The van der Waals surface area contributed by atoms with Gasteiger partial charge in [-0.3, -0.25) is 4.79 Å². The second kappa shape index (κ2) is 5.65. The maximum absolute atomic E-state index is 11.3. The zero-order valence-electron chi connectivity index (χ0n) is 9.47. The number of aliphatic hydroxyl groups excluding tert-OH is 1. The fourth-order valence-electron chi connectivity index (χ4n) is 1.02. The van der Waals surface area contributed by atoms with Crippen molar-refractivity contribution in [2.24, 2.45) is 0 Å². The summed E-state index contributed by atoms with van der Waals surface area (Å²) < 4.78 is 10.2. The number of rotatable bonds is 3. The molecule has 0 aliphatic rings. The standard InChI is InChI=1S/C10H13NO5S/c1-11(2)10(17)15-5-8-9(14)7(13)3-6(4-12)16-8/h3,12,14H,4-5H2,1-2H3. The van der Waals surface area contributed by atoms with E-state index in [1.54, 1.807) is 19.0 Å². The molecular weight excluding hydrogens is 246 g/mol. The normalized spacial score (nSPS) is 10.1. The van der Waals surface area contributed by atoms with Crippen LogP contribution < -0.4 is 5.43 Å². The Morgan fingerprint density at radius 1 is 1.59 bits per heavy atom. The highest BCUT2D eigenvalue weighted by atomic mass is 32.1. The van der Waals surface area contributed by atoms with Gasteiger partial charge < -0.3 is 24.3 Å². The minimum Gasteiger partial charge on any atom is -0.502 e. The number of aromatic hydroxyl groups is 1. The lowest BCUT2D eigenvalue weighted by Gasteiger charge is -2.14. The van der Waals surface area contributed by atoms with Crippen molar-refractivity contribution in [3.8, 4) is 5.75 Å². The molecule has 0 unspecified atom stereocenters. The molecule has 2 N–H and O–H groups in total. The lowest BCUT2D eigenvalue weighted by atomic mass is 10.3. The van der Waals surface area contributed by atoms with Crippen LogP contribution in [0.1, 0.15) is 11.5 Å². The molecule has 0 aliphatic heterocycles. The van der Waals surface area contributed by atoms with Gasteiger partial charge in [0.15, 0.2) is 12.4 Å². The Morgan fingerprint density at radius 3 is 2.76 bits per heavy atom. The Bertz CT molecular complexity index is 468.